The summed E-state index contributed by atoms with van der Waals surface area (Å²) in [6.07, 6.45) is 6.35. The van der Waals surface area contributed by atoms with Crippen molar-refractivity contribution in [2.45, 2.75) is 31.7 Å². The molecule has 1 unspecified atom stereocenters. The Kier molecular flexibility index (Phi) is 9.93. The molecule has 1 saturated heterocycles. The second-order valence-corrected chi connectivity index (χ2v) is 10.9. The summed E-state index contributed by atoms with van der Waals surface area (Å²) in [7, 11) is 1.34. The van der Waals surface area contributed by atoms with Gasteiger partial charge < -0.3 is 15.0 Å². The number of nitrogens with one attached hydrogen (secondary N) is 1. The molecule has 2 aromatic heterocycles. The van der Waals surface area contributed by atoms with Gasteiger partial charge in [-0.2, -0.15) is 4.68 Å². The van der Waals surface area contributed by atoms with Gasteiger partial charge in [-0.1, -0.05) is 47.5 Å². The molecule has 1 aliphatic rings. The van der Waals surface area contributed by atoms with Gasteiger partial charge >= 0.3 is 5.97 Å². The van der Waals surface area contributed by atoms with Crippen LogP contribution in [0.25, 0.3) is 23.0 Å². The summed E-state index contributed by atoms with van der Waals surface area (Å²) < 4.78 is 6.19. The number of hydrogen-bond donors (Lipinski definition) is 1. The smallest absolute Gasteiger partial charge is 0.309 e. The van der Waals surface area contributed by atoms with E-state index in [1.807, 2.05) is 0 Å². The third-order valence-electron chi connectivity index (χ3n) is 7.13. The third kappa shape index (κ3) is 7.63. The number of nitrogens with zero attached hydrogens (tertiary/aromatic N) is 7. The summed E-state index contributed by atoms with van der Waals surface area (Å²) in [5.41, 5.74) is 3.65. The largest absolute Gasteiger partial charge is 0.469 e. The van der Waals surface area contributed by atoms with E-state index >= 15 is 0 Å². The zero-order valence-electron chi connectivity index (χ0n) is 23.7. The van der Waals surface area contributed by atoms with E-state index in [2.05, 4.69) is 31.0 Å². The highest BCUT2D eigenvalue weighted by Gasteiger charge is 2.26. The van der Waals surface area contributed by atoms with Gasteiger partial charge in [-0.3, -0.25) is 14.4 Å². The number of aromatic nitrogens is 6. The monoisotopic (exact) mass is 634 g/mol. The van der Waals surface area contributed by atoms with E-state index in [1.54, 1.807) is 59.5 Å². The first kappa shape index (κ1) is 30.8. The molecular formula is C30H28Cl2N8O4. The van der Waals surface area contributed by atoms with Crippen LogP contribution in [0.2, 0.25) is 10.2 Å². The molecule has 0 spiro atoms. The molecule has 4 aromatic rings. The Morgan fingerprint density at radius 3 is 2.52 bits per heavy atom. The highest BCUT2D eigenvalue weighted by atomic mass is 35.5. The molecule has 0 saturated carbocycles. The van der Waals surface area contributed by atoms with Gasteiger partial charge in [0, 0.05) is 40.9 Å². The summed E-state index contributed by atoms with van der Waals surface area (Å²) in [6, 6.07) is 13.2. The molecule has 226 valence electrons. The number of esters is 1. The lowest BCUT2D eigenvalue weighted by molar-refractivity contribution is -0.139. The molecule has 44 heavy (non-hydrogen) atoms. The van der Waals surface area contributed by atoms with Crippen molar-refractivity contribution in [3.63, 3.8) is 0 Å². The summed E-state index contributed by atoms with van der Waals surface area (Å²) in [5.74, 6) is -0.911. The molecule has 0 radical (unpaired) electrons. The van der Waals surface area contributed by atoms with E-state index in [4.69, 9.17) is 27.9 Å². The number of benzene rings is 2. The Hall–Kier alpha value is -4.68. The number of halogens is 2. The van der Waals surface area contributed by atoms with Crippen LogP contribution >= 0.6 is 23.2 Å². The number of carbonyl (C=O) groups excluding carboxylic acids is 3. The second-order valence-electron chi connectivity index (χ2n) is 10.1. The fourth-order valence-electron chi connectivity index (χ4n) is 4.84. The lowest BCUT2D eigenvalue weighted by Crippen LogP contribution is -2.35. The molecule has 1 fully saturated rings. The van der Waals surface area contributed by atoms with E-state index in [9.17, 15) is 14.4 Å². The third-order valence-corrected chi connectivity index (χ3v) is 7.66. The Bertz CT molecular complexity index is 1670. The van der Waals surface area contributed by atoms with Crippen molar-refractivity contribution in [3.8, 4) is 16.9 Å². The van der Waals surface area contributed by atoms with Crippen LogP contribution in [0.15, 0.2) is 60.9 Å². The Morgan fingerprint density at radius 2 is 1.82 bits per heavy atom. The van der Waals surface area contributed by atoms with Crippen LogP contribution in [-0.2, 0) is 25.5 Å². The van der Waals surface area contributed by atoms with Gasteiger partial charge in [-0.05, 0) is 59.2 Å². The molecule has 3 heterocycles. The average Bonchev–Trinajstić information content (AvgIpc) is 3.76. The van der Waals surface area contributed by atoms with E-state index in [0.717, 1.165) is 24.0 Å². The van der Waals surface area contributed by atoms with Crippen molar-refractivity contribution in [1.82, 2.24) is 40.6 Å². The number of methoxy groups -OCH3 is 1. The van der Waals surface area contributed by atoms with Crippen molar-refractivity contribution in [1.29, 1.82) is 0 Å². The van der Waals surface area contributed by atoms with Crippen LogP contribution in [0.5, 0.6) is 0 Å². The normalized spacial score (nSPS) is 13.7. The van der Waals surface area contributed by atoms with E-state index in [0.29, 0.717) is 40.6 Å². The van der Waals surface area contributed by atoms with Crippen LogP contribution in [-0.4, -0.2) is 73.3 Å². The zero-order valence-corrected chi connectivity index (χ0v) is 25.2. The lowest BCUT2D eigenvalue weighted by Gasteiger charge is -2.22. The number of carbonyl (C=O) groups is 3. The molecule has 0 aliphatic carbocycles. The lowest BCUT2D eigenvalue weighted by atomic mass is 10.0. The molecule has 0 bridgehead atoms. The number of hydrogen-bond acceptors (Lipinski definition) is 9. The van der Waals surface area contributed by atoms with Crippen LogP contribution in [0.1, 0.15) is 42.0 Å². The van der Waals surface area contributed by atoms with Crippen LogP contribution < -0.4 is 5.32 Å². The molecule has 14 heteroatoms. The van der Waals surface area contributed by atoms with Crippen molar-refractivity contribution < 1.29 is 19.1 Å². The zero-order chi connectivity index (χ0) is 31.1. The Morgan fingerprint density at radius 1 is 1.05 bits per heavy atom. The van der Waals surface area contributed by atoms with Gasteiger partial charge in [0.05, 0.1) is 37.4 Å². The summed E-state index contributed by atoms with van der Waals surface area (Å²) in [4.78, 5) is 39.9. The quantitative estimate of drug-likeness (QED) is 0.202. The molecule has 1 atom stereocenters. The average molecular weight is 636 g/mol. The summed E-state index contributed by atoms with van der Waals surface area (Å²) in [5, 5.41) is 23.1. The minimum Gasteiger partial charge on any atom is -0.469 e. The standard InChI is InChI=1S/C30H28Cl2N8O4/c1-44-29(43)14-19-4-6-20(7-5-19)24-16-23(30(32)36-35-24)25(17-28(42)39-12-2-3-13-39)34-27(41)11-8-21-15-22(31)9-10-26(21)40-18-33-37-38-40/h4-11,15-16,18,25H,2-3,12-14,17H2,1H3,(H,34,41)/b11-8+. The van der Waals surface area contributed by atoms with Crippen molar-refractivity contribution in [2.75, 3.05) is 20.2 Å². The number of ether oxygens (including phenoxy) is 1. The van der Waals surface area contributed by atoms with Gasteiger partial charge in [-0.15, -0.1) is 15.3 Å². The number of likely N-dealkylation sites (tertiary alicyclic amines) is 1. The van der Waals surface area contributed by atoms with E-state index in [-0.39, 0.29) is 29.9 Å². The van der Waals surface area contributed by atoms with Gasteiger partial charge in [0.2, 0.25) is 11.8 Å². The Balaban J connectivity index is 1.41. The predicted octanol–water partition coefficient (Wildman–Crippen LogP) is 4.02. The Labute approximate surface area is 263 Å². The maximum absolute atomic E-state index is 13.3. The highest BCUT2D eigenvalue weighted by Crippen LogP contribution is 2.29. The molecule has 2 amide bonds. The molecule has 1 N–H and O–H groups in total. The van der Waals surface area contributed by atoms with E-state index < -0.39 is 11.9 Å². The highest BCUT2D eigenvalue weighted by molar-refractivity contribution is 6.31. The fraction of sp³-hybridized carbons (Fsp3) is 0.267. The minimum atomic E-state index is -0.793. The van der Waals surface area contributed by atoms with Crippen LogP contribution in [0.3, 0.4) is 0 Å². The fourth-order valence-corrected chi connectivity index (χ4v) is 5.25. The topological polar surface area (TPSA) is 145 Å². The SMILES string of the molecule is COC(=O)Cc1ccc(-c2cc(C(CC(=O)N3CCCC3)NC(=O)/C=C/c3cc(Cl)ccc3-n3cnnn3)c(Cl)nn2)cc1. The summed E-state index contributed by atoms with van der Waals surface area (Å²) >= 11 is 12.7. The van der Waals surface area contributed by atoms with E-state index in [1.165, 1.54) is 24.2 Å². The van der Waals surface area contributed by atoms with Gasteiger partial charge in [0.25, 0.3) is 0 Å². The van der Waals surface area contributed by atoms with Crippen LogP contribution in [0, 0.1) is 0 Å². The van der Waals surface area contributed by atoms with Gasteiger partial charge in [0.15, 0.2) is 5.15 Å². The number of tetrazole rings is 1. The van der Waals surface area contributed by atoms with Crippen molar-refractivity contribution in [3.05, 3.63) is 87.8 Å². The summed E-state index contributed by atoms with van der Waals surface area (Å²) in [6.45, 7) is 1.33. The number of amides is 2. The predicted molar refractivity (Wildman–Crippen MR) is 163 cm³/mol. The first-order valence-corrected chi connectivity index (χ1v) is 14.5. The molecule has 12 nitrogen and oxygen atoms in total. The van der Waals surface area contributed by atoms with Crippen LogP contribution in [0.4, 0.5) is 0 Å². The number of rotatable bonds is 10. The second kappa shape index (κ2) is 14.2. The first-order valence-electron chi connectivity index (χ1n) is 13.8. The minimum absolute atomic E-state index is 0.0183. The first-order chi connectivity index (χ1) is 21.3. The van der Waals surface area contributed by atoms with Crippen molar-refractivity contribution in [2.24, 2.45) is 0 Å². The molecular weight excluding hydrogens is 607 g/mol. The molecule has 1 aliphatic heterocycles. The van der Waals surface area contributed by atoms with Gasteiger partial charge in [-0.25, -0.2) is 0 Å². The maximum atomic E-state index is 13.3. The van der Waals surface area contributed by atoms with Crippen molar-refractivity contribution >= 4 is 47.1 Å². The maximum Gasteiger partial charge on any atom is 0.309 e. The van der Waals surface area contributed by atoms with Gasteiger partial charge in [0.1, 0.15) is 6.33 Å². The molecule has 2 aromatic carbocycles. The molecule has 5 rings (SSSR count).